The first-order valence-electron chi connectivity index (χ1n) is 11.0. The van der Waals surface area contributed by atoms with Crippen LogP contribution in [0.1, 0.15) is 26.4 Å². The van der Waals surface area contributed by atoms with Crippen LogP contribution in [0, 0.1) is 0 Å². The molecule has 0 radical (unpaired) electrons. The molecule has 0 atom stereocenters. The number of amides is 2. The monoisotopic (exact) mass is 459 g/mol. The maximum absolute atomic E-state index is 12.9. The van der Waals surface area contributed by atoms with Gasteiger partial charge in [-0.2, -0.15) is 5.10 Å². The van der Waals surface area contributed by atoms with Gasteiger partial charge >= 0.3 is 0 Å². The number of nitrogens with zero attached hydrogens (tertiary/aromatic N) is 5. The highest BCUT2D eigenvalue weighted by atomic mass is 16.2. The van der Waals surface area contributed by atoms with Gasteiger partial charge in [0.2, 0.25) is 0 Å². The van der Waals surface area contributed by atoms with Crippen molar-refractivity contribution >= 4 is 34.2 Å². The number of aromatic amines is 2. The molecule has 3 heterocycles. The second kappa shape index (κ2) is 9.32. The van der Waals surface area contributed by atoms with Crippen molar-refractivity contribution in [1.82, 2.24) is 35.8 Å². The van der Waals surface area contributed by atoms with E-state index in [9.17, 15) is 9.59 Å². The molecule has 2 aromatic carbocycles. The second-order valence-electron chi connectivity index (χ2n) is 8.27. The van der Waals surface area contributed by atoms with E-state index in [1.807, 2.05) is 24.3 Å². The maximum Gasteiger partial charge on any atom is 0.256 e. The lowest BCUT2D eigenvalue weighted by molar-refractivity contribution is 0.0949. The van der Waals surface area contributed by atoms with Crippen molar-refractivity contribution in [3.63, 3.8) is 0 Å². The number of carbonyl (C=O) groups excluding carboxylic acids is 2. The first kappa shape index (κ1) is 21.6. The van der Waals surface area contributed by atoms with Crippen LogP contribution >= 0.6 is 0 Å². The minimum Gasteiger partial charge on any atom is -0.369 e. The Bertz CT molecular complexity index is 1290. The lowest BCUT2D eigenvalue weighted by Gasteiger charge is -2.34. The number of fused-ring (bicyclic) bond motifs is 1. The van der Waals surface area contributed by atoms with Gasteiger partial charge in [0.25, 0.3) is 11.8 Å². The fourth-order valence-electron chi connectivity index (χ4n) is 3.90. The highest BCUT2D eigenvalue weighted by molar-refractivity contribution is 6.09. The number of likely N-dealkylation sites (N-methyl/N-ethyl adjacent to an activating group) is 1. The summed E-state index contributed by atoms with van der Waals surface area (Å²) in [7, 11) is 2.12. The van der Waals surface area contributed by atoms with E-state index in [2.05, 4.69) is 53.1 Å². The Labute approximate surface area is 195 Å². The summed E-state index contributed by atoms with van der Waals surface area (Å²) >= 11 is 0. The van der Waals surface area contributed by atoms with Crippen LogP contribution in [0.2, 0.25) is 0 Å². The summed E-state index contributed by atoms with van der Waals surface area (Å²) in [5.41, 5.74) is 3.44. The highest BCUT2D eigenvalue weighted by Crippen LogP contribution is 2.23. The summed E-state index contributed by atoms with van der Waals surface area (Å²) < 4.78 is 0. The van der Waals surface area contributed by atoms with Crippen molar-refractivity contribution in [1.29, 1.82) is 0 Å². The van der Waals surface area contributed by atoms with Crippen molar-refractivity contribution in [2.24, 2.45) is 0 Å². The fourth-order valence-corrected chi connectivity index (χ4v) is 3.90. The minimum atomic E-state index is -0.265. The summed E-state index contributed by atoms with van der Waals surface area (Å²) in [6.45, 7) is 4.24. The third-order valence-corrected chi connectivity index (χ3v) is 5.95. The number of hydrogen-bond acceptors (Lipinski definition) is 7. The molecular formula is C23H25N9O2. The molecule has 4 N–H and O–H groups in total. The van der Waals surface area contributed by atoms with E-state index < -0.39 is 0 Å². The minimum absolute atomic E-state index is 0.256. The van der Waals surface area contributed by atoms with Crippen molar-refractivity contribution in [3.8, 4) is 0 Å². The van der Waals surface area contributed by atoms with Gasteiger partial charge in [0.1, 0.15) is 5.69 Å². The van der Waals surface area contributed by atoms with E-state index in [-0.39, 0.29) is 18.4 Å². The lowest BCUT2D eigenvalue weighted by Crippen LogP contribution is -2.44. The van der Waals surface area contributed by atoms with Gasteiger partial charge in [-0.25, -0.2) is 0 Å². The van der Waals surface area contributed by atoms with E-state index in [1.165, 1.54) is 0 Å². The van der Waals surface area contributed by atoms with Crippen LogP contribution in [0.3, 0.4) is 0 Å². The maximum atomic E-state index is 12.9. The number of aromatic nitrogens is 5. The summed E-state index contributed by atoms with van der Waals surface area (Å²) in [4.78, 5) is 30.0. The summed E-state index contributed by atoms with van der Waals surface area (Å²) in [5.74, 6) is -0.156. The Kier molecular flexibility index (Phi) is 5.91. The molecule has 1 saturated heterocycles. The van der Waals surface area contributed by atoms with Gasteiger partial charge in [-0.3, -0.25) is 19.8 Å². The van der Waals surface area contributed by atoms with Crippen molar-refractivity contribution in [2.45, 2.75) is 6.54 Å². The summed E-state index contributed by atoms with van der Waals surface area (Å²) in [6, 6.07) is 12.7. The van der Waals surface area contributed by atoms with E-state index in [4.69, 9.17) is 0 Å². The zero-order valence-corrected chi connectivity index (χ0v) is 18.7. The van der Waals surface area contributed by atoms with Gasteiger partial charge in [-0.15, -0.1) is 5.10 Å². The molecule has 0 unspecified atom stereocenters. The van der Waals surface area contributed by atoms with Crippen LogP contribution in [-0.4, -0.2) is 75.5 Å². The topological polar surface area (TPSA) is 135 Å². The Hall–Kier alpha value is -4.25. The first-order chi connectivity index (χ1) is 16.6. The van der Waals surface area contributed by atoms with Gasteiger partial charge in [0.05, 0.1) is 12.1 Å². The number of H-pyrrole nitrogens is 2. The molecule has 11 heteroatoms. The standard InChI is InChI=1S/C23H25N9O2/c1-31-8-10-32(11-9-31)18-5-2-15(3-6-18)23(34)26-21-19-12-16(4-7-20(19)28-29-21)22(33)24-13-17-14-25-30-27-17/h2-7,12,14H,8-11,13H2,1H3,(H,24,33)(H,25,27,30)(H2,26,28,29,34). The molecule has 0 bridgehead atoms. The lowest BCUT2D eigenvalue weighted by atomic mass is 10.1. The highest BCUT2D eigenvalue weighted by Gasteiger charge is 2.17. The molecule has 5 rings (SSSR count). The average molecular weight is 460 g/mol. The van der Waals surface area contributed by atoms with Crippen LogP contribution in [0.4, 0.5) is 11.5 Å². The number of anilines is 2. The third kappa shape index (κ3) is 4.59. The molecule has 0 spiro atoms. The Morgan fingerprint density at radius 3 is 2.50 bits per heavy atom. The zero-order chi connectivity index (χ0) is 23.5. The van der Waals surface area contributed by atoms with Gasteiger partial charge in [0.15, 0.2) is 5.82 Å². The zero-order valence-electron chi connectivity index (χ0n) is 18.7. The second-order valence-corrected chi connectivity index (χ2v) is 8.27. The van der Waals surface area contributed by atoms with E-state index >= 15 is 0 Å². The van der Waals surface area contributed by atoms with Gasteiger partial charge in [-0.1, -0.05) is 5.21 Å². The summed E-state index contributed by atoms with van der Waals surface area (Å²) in [5, 5.41) is 23.5. The number of piperazine rings is 1. The smallest absolute Gasteiger partial charge is 0.256 e. The predicted octanol–water partition coefficient (Wildman–Crippen LogP) is 1.62. The quantitative estimate of drug-likeness (QED) is 0.344. The van der Waals surface area contributed by atoms with Gasteiger partial charge in [0, 0.05) is 54.6 Å². The van der Waals surface area contributed by atoms with Gasteiger partial charge in [-0.05, 0) is 49.5 Å². The molecule has 174 valence electrons. The molecule has 1 fully saturated rings. The number of hydrogen-bond donors (Lipinski definition) is 4. The van der Waals surface area contributed by atoms with E-state index in [1.54, 1.807) is 24.4 Å². The molecule has 2 amide bonds. The molecule has 4 aromatic rings. The molecule has 2 aromatic heterocycles. The average Bonchev–Trinajstić information content (AvgIpc) is 3.53. The van der Waals surface area contributed by atoms with E-state index in [0.717, 1.165) is 31.9 Å². The predicted molar refractivity (Wildman–Crippen MR) is 128 cm³/mol. The van der Waals surface area contributed by atoms with Crippen LogP contribution in [-0.2, 0) is 6.54 Å². The van der Waals surface area contributed by atoms with Crippen LogP contribution in [0.25, 0.3) is 10.9 Å². The van der Waals surface area contributed by atoms with Crippen molar-refractivity contribution < 1.29 is 9.59 Å². The number of nitrogens with one attached hydrogen (secondary N) is 4. The molecular weight excluding hydrogens is 434 g/mol. The molecule has 1 aliphatic rings. The number of carbonyl (C=O) groups is 2. The van der Waals surface area contributed by atoms with Crippen molar-refractivity contribution in [2.75, 3.05) is 43.4 Å². The molecule has 11 nitrogen and oxygen atoms in total. The normalized spacial score (nSPS) is 14.3. The Morgan fingerprint density at radius 2 is 1.76 bits per heavy atom. The Morgan fingerprint density at radius 1 is 1.00 bits per heavy atom. The first-order valence-corrected chi connectivity index (χ1v) is 11.0. The number of rotatable bonds is 6. The van der Waals surface area contributed by atoms with Gasteiger partial charge < -0.3 is 20.4 Å². The van der Waals surface area contributed by atoms with Crippen LogP contribution in [0.5, 0.6) is 0 Å². The largest absolute Gasteiger partial charge is 0.369 e. The summed E-state index contributed by atoms with van der Waals surface area (Å²) in [6.07, 6.45) is 1.62. The molecule has 0 saturated carbocycles. The molecule has 1 aliphatic heterocycles. The van der Waals surface area contributed by atoms with Crippen LogP contribution < -0.4 is 15.5 Å². The molecule has 34 heavy (non-hydrogen) atoms. The van der Waals surface area contributed by atoms with Crippen molar-refractivity contribution in [3.05, 3.63) is 65.5 Å². The van der Waals surface area contributed by atoms with Crippen LogP contribution in [0.15, 0.2) is 48.7 Å². The third-order valence-electron chi connectivity index (χ3n) is 5.95. The molecule has 0 aliphatic carbocycles. The Balaban J connectivity index is 1.27. The fraction of sp³-hybridized carbons (Fsp3) is 0.261. The van der Waals surface area contributed by atoms with E-state index in [0.29, 0.717) is 33.5 Å². The SMILES string of the molecule is CN1CCN(c2ccc(C(=O)Nc3n[nH]c4ccc(C(=O)NCc5c[nH]nn5)cc34)cc2)CC1. The number of benzene rings is 2.